The predicted molar refractivity (Wildman–Crippen MR) is 240 cm³/mol. The molecule has 0 aromatic heterocycles. The number of hydrogen-bond acceptors (Lipinski definition) is 7. The molecule has 0 spiro atoms. The van der Waals surface area contributed by atoms with Crippen molar-refractivity contribution in [1.82, 2.24) is 0 Å². The van der Waals surface area contributed by atoms with E-state index in [9.17, 15) is 19.5 Å². The minimum atomic E-state index is -1.15. The molecule has 58 heavy (non-hydrogen) atoms. The molecule has 2 atom stereocenters. The van der Waals surface area contributed by atoms with Crippen LogP contribution in [0.3, 0.4) is 0 Å². The topological polar surface area (TPSA) is 102 Å². The van der Waals surface area contributed by atoms with E-state index < -0.39 is 24.1 Å². The van der Waals surface area contributed by atoms with Gasteiger partial charge in [-0.3, -0.25) is 9.59 Å². The van der Waals surface area contributed by atoms with Gasteiger partial charge >= 0.3 is 11.9 Å². The third kappa shape index (κ3) is 37.1. The molecule has 0 saturated heterocycles. The lowest BCUT2D eigenvalue weighted by molar-refractivity contribution is -0.889. The van der Waals surface area contributed by atoms with Crippen LogP contribution in [0.5, 0.6) is 0 Å². The van der Waals surface area contributed by atoms with Crippen LogP contribution < -0.4 is 5.11 Å². The number of carbonyl (C=O) groups excluding carboxylic acids is 3. The van der Waals surface area contributed by atoms with Crippen LogP contribution in [0, 0.1) is 0 Å². The quantitative estimate of drug-likeness (QED) is 0.0207. The van der Waals surface area contributed by atoms with Gasteiger partial charge in [-0.1, -0.05) is 148 Å². The monoisotopic (exact) mass is 802 g/mol. The van der Waals surface area contributed by atoms with Gasteiger partial charge in [-0.05, 0) is 77.0 Å². The highest BCUT2D eigenvalue weighted by Gasteiger charge is 2.25. The number of carboxylic acid groups (broad SMARTS) is 1. The Bertz CT molecular complexity index is 1400. The van der Waals surface area contributed by atoms with Gasteiger partial charge in [-0.25, -0.2) is 0 Å². The maximum absolute atomic E-state index is 12.7. The minimum Gasteiger partial charge on any atom is -0.544 e. The molecule has 0 bridgehead atoms. The van der Waals surface area contributed by atoms with Gasteiger partial charge in [0.25, 0.3) is 0 Å². The Labute approximate surface area is 352 Å². The third-order valence-corrected chi connectivity index (χ3v) is 8.41. The molecule has 2 unspecified atom stereocenters. The standard InChI is InChI=1S/C50H75NO7/c1-6-8-10-12-14-16-18-20-21-22-23-24-25-26-27-29-30-32-34-36-38-40-48(52)57-45-46(44-56-43-42-47(50(54)55)51(3,4)5)58-49(53)41-39-37-35-33-31-28-19-17-15-13-11-9-7-2/h8-11,13-17,19-21,23-24,26-28,30-33,35,46-47H,6-7,12,18,22,25,29,34,36-45H2,1-5H3/b10-8+,11-9+,15-13+,16-14+,19-17+,21-20+,24-23+,27-26+,31-28+,32-30+,35-33+. The second kappa shape index (κ2) is 39.3. The Morgan fingerprint density at radius 1 is 0.534 bits per heavy atom. The number of aliphatic carboxylic acids is 1. The summed E-state index contributed by atoms with van der Waals surface area (Å²) in [5, 5.41) is 11.6. The molecule has 8 heteroatoms. The molecule has 0 aliphatic heterocycles. The van der Waals surface area contributed by atoms with E-state index in [-0.39, 0.29) is 49.5 Å². The number of quaternary nitrogens is 1. The van der Waals surface area contributed by atoms with E-state index in [1.165, 1.54) is 0 Å². The van der Waals surface area contributed by atoms with Crippen molar-refractivity contribution in [1.29, 1.82) is 0 Å². The summed E-state index contributed by atoms with van der Waals surface area (Å²) in [5.41, 5.74) is 0. The Morgan fingerprint density at radius 3 is 1.52 bits per heavy atom. The first-order valence-corrected chi connectivity index (χ1v) is 21.3. The summed E-state index contributed by atoms with van der Waals surface area (Å²) in [4.78, 5) is 36.8. The first kappa shape index (κ1) is 53.5. The summed E-state index contributed by atoms with van der Waals surface area (Å²) in [6.45, 7) is 4.23. The van der Waals surface area contributed by atoms with Gasteiger partial charge in [0, 0.05) is 19.3 Å². The van der Waals surface area contributed by atoms with Gasteiger partial charge < -0.3 is 28.6 Å². The number of allylic oxidation sites excluding steroid dienone is 22. The van der Waals surface area contributed by atoms with E-state index in [1.807, 2.05) is 54.7 Å². The van der Waals surface area contributed by atoms with Crippen molar-refractivity contribution < 1.29 is 38.2 Å². The molecule has 0 aromatic carbocycles. The average molecular weight is 802 g/mol. The first-order chi connectivity index (χ1) is 28.1. The second-order valence-corrected chi connectivity index (χ2v) is 14.6. The lowest BCUT2D eigenvalue weighted by Gasteiger charge is -2.34. The molecule has 0 aliphatic carbocycles. The Balaban J connectivity index is 4.55. The van der Waals surface area contributed by atoms with E-state index in [0.29, 0.717) is 19.3 Å². The summed E-state index contributed by atoms with van der Waals surface area (Å²) < 4.78 is 17.0. The summed E-state index contributed by atoms with van der Waals surface area (Å²) in [5.74, 6) is -1.92. The van der Waals surface area contributed by atoms with Crippen LogP contribution in [0.2, 0.25) is 0 Å². The SMILES string of the molecule is CC/C=C/C=C/C=C/C=C/C=C/CCCC(=O)OC(COCCC(C(=O)[O-])[N+](C)(C)C)COC(=O)CCCC/C=C/C/C=C/C/C=C/C/C=C/C/C=C/C/C=C/CC. The van der Waals surface area contributed by atoms with Crippen LogP contribution in [-0.4, -0.2) is 75.5 Å². The Hall–Kier alpha value is -4.53. The summed E-state index contributed by atoms with van der Waals surface area (Å²) >= 11 is 0. The fraction of sp³-hybridized carbons (Fsp3) is 0.500. The number of carbonyl (C=O) groups is 3. The largest absolute Gasteiger partial charge is 0.544 e. The molecule has 0 fully saturated rings. The highest BCUT2D eigenvalue weighted by Crippen LogP contribution is 2.10. The number of nitrogens with zero attached hydrogens (tertiary/aromatic N) is 1. The van der Waals surface area contributed by atoms with Gasteiger partial charge in [0.1, 0.15) is 12.6 Å². The molecule has 0 aliphatic rings. The fourth-order valence-electron chi connectivity index (χ4n) is 5.16. The Kier molecular flexibility index (Phi) is 36.2. The lowest BCUT2D eigenvalue weighted by atomic mass is 10.1. The second-order valence-electron chi connectivity index (χ2n) is 14.6. The zero-order chi connectivity index (χ0) is 42.8. The summed E-state index contributed by atoms with van der Waals surface area (Å²) in [7, 11) is 5.34. The van der Waals surface area contributed by atoms with Crippen LogP contribution in [0.25, 0.3) is 0 Å². The molecular weight excluding hydrogens is 727 g/mol. The molecule has 0 saturated carbocycles. The number of hydrogen-bond donors (Lipinski definition) is 0. The van der Waals surface area contributed by atoms with Crippen LogP contribution in [0.15, 0.2) is 134 Å². The van der Waals surface area contributed by atoms with Crippen molar-refractivity contribution in [3.05, 3.63) is 134 Å². The number of likely N-dealkylation sites (N-methyl/N-ethyl adjacent to an activating group) is 1. The summed E-state index contributed by atoms with van der Waals surface area (Å²) in [6.07, 6.45) is 56.4. The van der Waals surface area contributed by atoms with Crippen molar-refractivity contribution in [2.45, 2.75) is 122 Å². The van der Waals surface area contributed by atoms with E-state index in [0.717, 1.165) is 57.8 Å². The van der Waals surface area contributed by atoms with Gasteiger partial charge in [-0.15, -0.1) is 0 Å². The maximum Gasteiger partial charge on any atom is 0.306 e. The molecule has 0 amide bonds. The molecule has 8 nitrogen and oxygen atoms in total. The number of rotatable bonds is 35. The maximum atomic E-state index is 12.7. The van der Waals surface area contributed by atoms with Crippen molar-refractivity contribution in [2.24, 2.45) is 0 Å². The van der Waals surface area contributed by atoms with Crippen molar-refractivity contribution in [3.8, 4) is 0 Å². The highest BCUT2D eigenvalue weighted by molar-refractivity contribution is 5.70. The molecule has 0 aromatic rings. The van der Waals surface area contributed by atoms with Crippen LogP contribution in [-0.2, 0) is 28.6 Å². The number of esters is 2. The molecule has 0 radical (unpaired) electrons. The normalized spacial score (nSPS) is 14.3. The zero-order valence-corrected chi connectivity index (χ0v) is 36.4. The number of ether oxygens (including phenoxy) is 3. The van der Waals surface area contributed by atoms with Crippen molar-refractivity contribution in [3.63, 3.8) is 0 Å². The van der Waals surface area contributed by atoms with Gasteiger partial charge in [0.2, 0.25) is 0 Å². The molecule has 0 heterocycles. The molecule has 322 valence electrons. The van der Waals surface area contributed by atoms with Crippen LogP contribution in [0.4, 0.5) is 0 Å². The first-order valence-electron chi connectivity index (χ1n) is 21.3. The van der Waals surface area contributed by atoms with Crippen molar-refractivity contribution in [2.75, 3.05) is 41.0 Å². The molecule has 0 rings (SSSR count). The van der Waals surface area contributed by atoms with Crippen LogP contribution in [0.1, 0.15) is 110 Å². The van der Waals surface area contributed by atoms with E-state index in [1.54, 1.807) is 21.1 Å². The fourth-order valence-corrected chi connectivity index (χ4v) is 5.16. The van der Waals surface area contributed by atoms with E-state index in [4.69, 9.17) is 14.2 Å². The summed E-state index contributed by atoms with van der Waals surface area (Å²) in [6, 6.07) is -0.754. The Morgan fingerprint density at radius 2 is 1.00 bits per heavy atom. The minimum absolute atomic E-state index is 0.0130. The van der Waals surface area contributed by atoms with Gasteiger partial charge in [-0.2, -0.15) is 0 Å². The average Bonchev–Trinajstić information content (AvgIpc) is 3.18. The van der Waals surface area contributed by atoms with Crippen LogP contribution >= 0.6 is 0 Å². The smallest absolute Gasteiger partial charge is 0.306 e. The number of unbranched alkanes of at least 4 members (excludes halogenated alkanes) is 3. The highest BCUT2D eigenvalue weighted by atomic mass is 16.6. The molecular formula is C50H75NO7. The van der Waals surface area contributed by atoms with Crippen molar-refractivity contribution >= 4 is 17.9 Å². The third-order valence-electron chi connectivity index (χ3n) is 8.41. The van der Waals surface area contributed by atoms with Gasteiger partial charge in [0.15, 0.2) is 6.10 Å². The van der Waals surface area contributed by atoms with Gasteiger partial charge in [0.05, 0.1) is 40.3 Å². The predicted octanol–water partition coefficient (Wildman–Crippen LogP) is 10.3. The zero-order valence-electron chi connectivity index (χ0n) is 36.4. The number of carboxylic acids is 1. The molecule has 0 N–H and O–H groups in total. The lowest BCUT2D eigenvalue weighted by Crippen LogP contribution is -2.55. The van der Waals surface area contributed by atoms with E-state index in [2.05, 4.69) is 92.8 Å². The van der Waals surface area contributed by atoms with E-state index >= 15 is 0 Å².